The smallest absolute Gasteiger partial charge is 0.0606 e. The van der Waals surface area contributed by atoms with Gasteiger partial charge in [0, 0.05) is 35.3 Å². The lowest BCUT2D eigenvalue weighted by Gasteiger charge is -2.34. The molecule has 2 N–H and O–H groups in total. The van der Waals surface area contributed by atoms with Crippen LogP contribution in [0.5, 0.6) is 0 Å². The summed E-state index contributed by atoms with van der Waals surface area (Å²) in [5, 5.41) is 13.1. The zero-order valence-corrected chi connectivity index (χ0v) is 14.7. The minimum atomic E-state index is 0.193. The van der Waals surface area contributed by atoms with E-state index in [9.17, 15) is 5.11 Å². The van der Waals surface area contributed by atoms with Gasteiger partial charge in [-0.1, -0.05) is 35.8 Å². The molecule has 0 atom stereocenters. The lowest BCUT2D eigenvalue weighted by Crippen LogP contribution is -2.37. The molecule has 4 heteroatoms. The molecule has 0 radical (unpaired) electrons. The number of nitrogens with one attached hydrogen (secondary N) is 1. The Kier molecular flexibility index (Phi) is 6.52. The fourth-order valence-corrected chi connectivity index (χ4v) is 3.18. The molecule has 1 aromatic carbocycles. The number of aliphatic hydroxyl groups is 1. The van der Waals surface area contributed by atoms with Crippen molar-refractivity contribution in [3.8, 4) is 0 Å². The molecular weight excluding hydrogens is 328 g/mol. The van der Waals surface area contributed by atoms with E-state index in [1.54, 1.807) is 0 Å². The molecule has 0 aliphatic heterocycles. The lowest BCUT2D eigenvalue weighted by atomic mass is 10.1. The number of nitrogens with zero attached hydrogens (tertiary/aromatic N) is 1. The highest BCUT2D eigenvalue weighted by Gasteiger charge is 2.22. The van der Waals surface area contributed by atoms with Crippen LogP contribution in [-0.4, -0.2) is 30.3 Å². The van der Waals surface area contributed by atoms with Gasteiger partial charge in [0.15, 0.2) is 0 Å². The third-order valence-electron chi connectivity index (χ3n) is 4.24. The maximum Gasteiger partial charge on any atom is 0.0606 e. The summed E-state index contributed by atoms with van der Waals surface area (Å²) in [6.45, 7) is 6.24. The van der Waals surface area contributed by atoms with Gasteiger partial charge in [-0.25, -0.2) is 0 Å². The molecule has 0 spiro atoms. The maximum atomic E-state index is 9.46. The van der Waals surface area contributed by atoms with Crippen LogP contribution in [0.3, 0.4) is 0 Å². The number of hydrogen-bond donors (Lipinski definition) is 2. The normalized spacial score (nSPS) is 14.7. The molecule has 21 heavy (non-hydrogen) atoms. The van der Waals surface area contributed by atoms with Crippen molar-refractivity contribution in [3.05, 3.63) is 28.2 Å². The van der Waals surface area contributed by atoms with E-state index in [0.717, 1.165) is 23.9 Å². The van der Waals surface area contributed by atoms with Gasteiger partial charge in [-0.05, 0) is 43.4 Å². The monoisotopic (exact) mass is 354 g/mol. The van der Waals surface area contributed by atoms with Crippen LogP contribution in [0.15, 0.2) is 22.7 Å². The minimum absolute atomic E-state index is 0.193. The van der Waals surface area contributed by atoms with Crippen LogP contribution < -0.4 is 10.2 Å². The molecule has 0 heterocycles. The van der Waals surface area contributed by atoms with Crippen molar-refractivity contribution < 1.29 is 5.11 Å². The molecule has 1 saturated carbocycles. The first-order valence-corrected chi connectivity index (χ1v) is 8.88. The second-order valence-electron chi connectivity index (χ2n) is 5.82. The van der Waals surface area contributed by atoms with Crippen LogP contribution in [0.4, 0.5) is 5.69 Å². The van der Waals surface area contributed by atoms with E-state index in [2.05, 4.69) is 58.2 Å². The Balaban J connectivity index is 2.24. The van der Waals surface area contributed by atoms with E-state index in [1.807, 2.05) is 0 Å². The van der Waals surface area contributed by atoms with Crippen LogP contribution >= 0.6 is 15.9 Å². The number of halogens is 1. The summed E-state index contributed by atoms with van der Waals surface area (Å²) in [4.78, 5) is 2.37. The van der Waals surface area contributed by atoms with Crippen molar-refractivity contribution in [2.45, 2.75) is 58.2 Å². The third-order valence-corrected chi connectivity index (χ3v) is 4.73. The maximum absolute atomic E-state index is 9.46. The predicted molar refractivity (Wildman–Crippen MR) is 92.8 cm³/mol. The van der Waals surface area contributed by atoms with Gasteiger partial charge in [-0.3, -0.25) is 0 Å². The SMILES string of the molecule is CCC(CC)N(CCO)c1cc(Br)ccc1CNC1CC1. The standard InChI is InChI=1S/C17H27BrN2O/c1-3-16(4-2)20(9-10-21)17-11-14(18)6-5-13(17)12-19-15-7-8-15/h5-6,11,15-16,19,21H,3-4,7-10,12H2,1-2H3. The number of benzene rings is 1. The summed E-state index contributed by atoms with van der Waals surface area (Å²) in [6.07, 6.45) is 4.80. The first-order chi connectivity index (χ1) is 10.2. The van der Waals surface area contributed by atoms with Crippen molar-refractivity contribution in [1.82, 2.24) is 5.32 Å². The van der Waals surface area contributed by atoms with E-state index in [-0.39, 0.29) is 6.61 Å². The highest BCUT2D eigenvalue weighted by Crippen LogP contribution is 2.29. The Morgan fingerprint density at radius 2 is 2.05 bits per heavy atom. The molecule has 118 valence electrons. The third kappa shape index (κ3) is 4.70. The second kappa shape index (κ2) is 8.16. The molecule has 1 fully saturated rings. The van der Waals surface area contributed by atoms with Crippen LogP contribution in [-0.2, 0) is 6.54 Å². The van der Waals surface area contributed by atoms with Gasteiger partial charge in [-0.15, -0.1) is 0 Å². The molecule has 0 unspecified atom stereocenters. The van der Waals surface area contributed by atoms with Crippen molar-refractivity contribution in [1.29, 1.82) is 0 Å². The van der Waals surface area contributed by atoms with Crippen molar-refractivity contribution in [3.63, 3.8) is 0 Å². The van der Waals surface area contributed by atoms with Gasteiger partial charge < -0.3 is 15.3 Å². The number of aliphatic hydroxyl groups excluding tert-OH is 1. The van der Waals surface area contributed by atoms with Crippen LogP contribution in [0.25, 0.3) is 0 Å². The molecular formula is C17H27BrN2O. The summed E-state index contributed by atoms with van der Waals surface area (Å²) in [5.74, 6) is 0. The number of anilines is 1. The van der Waals surface area contributed by atoms with Gasteiger partial charge in [0.2, 0.25) is 0 Å². The molecule has 0 saturated heterocycles. The molecule has 2 rings (SSSR count). The first kappa shape index (κ1) is 16.8. The van der Waals surface area contributed by atoms with Crippen LogP contribution in [0, 0.1) is 0 Å². The minimum Gasteiger partial charge on any atom is -0.395 e. The summed E-state index contributed by atoms with van der Waals surface area (Å²) in [5.41, 5.74) is 2.57. The second-order valence-corrected chi connectivity index (χ2v) is 6.73. The van der Waals surface area contributed by atoms with Gasteiger partial charge >= 0.3 is 0 Å². The number of rotatable bonds is 9. The molecule has 1 aliphatic rings. The van der Waals surface area contributed by atoms with Gasteiger partial charge in [0.05, 0.1) is 6.61 Å². The van der Waals surface area contributed by atoms with E-state index < -0.39 is 0 Å². The summed E-state index contributed by atoms with van der Waals surface area (Å²) in [7, 11) is 0. The average Bonchev–Trinajstić information content (AvgIpc) is 3.30. The topological polar surface area (TPSA) is 35.5 Å². The fraction of sp³-hybridized carbons (Fsp3) is 0.647. The highest BCUT2D eigenvalue weighted by molar-refractivity contribution is 9.10. The Labute approximate surface area is 136 Å². The van der Waals surface area contributed by atoms with Gasteiger partial charge in [-0.2, -0.15) is 0 Å². The van der Waals surface area contributed by atoms with Gasteiger partial charge in [0.1, 0.15) is 0 Å². The predicted octanol–water partition coefficient (Wildman–Crippen LogP) is 3.69. The first-order valence-electron chi connectivity index (χ1n) is 8.08. The average molecular weight is 355 g/mol. The Hall–Kier alpha value is -0.580. The Morgan fingerprint density at radius 3 is 2.62 bits per heavy atom. The largest absolute Gasteiger partial charge is 0.395 e. The highest BCUT2D eigenvalue weighted by atomic mass is 79.9. The quantitative estimate of drug-likeness (QED) is 0.709. The van der Waals surface area contributed by atoms with E-state index >= 15 is 0 Å². The molecule has 1 aromatic rings. The van der Waals surface area contributed by atoms with E-state index in [1.165, 1.54) is 24.1 Å². The Morgan fingerprint density at radius 1 is 1.33 bits per heavy atom. The molecule has 0 amide bonds. The molecule has 3 nitrogen and oxygen atoms in total. The molecule has 1 aliphatic carbocycles. The lowest BCUT2D eigenvalue weighted by molar-refractivity contribution is 0.296. The van der Waals surface area contributed by atoms with Crippen molar-refractivity contribution in [2.75, 3.05) is 18.1 Å². The van der Waals surface area contributed by atoms with E-state index in [4.69, 9.17) is 0 Å². The summed E-state index contributed by atoms with van der Waals surface area (Å²) < 4.78 is 1.10. The number of hydrogen-bond acceptors (Lipinski definition) is 3. The molecule has 0 bridgehead atoms. The van der Waals surface area contributed by atoms with Crippen LogP contribution in [0.2, 0.25) is 0 Å². The summed E-state index contributed by atoms with van der Waals surface area (Å²) >= 11 is 3.59. The zero-order chi connectivity index (χ0) is 15.2. The van der Waals surface area contributed by atoms with E-state index in [0.29, 0.717) is 18.6 Å². The van der Waals surface area contributed by atoms with Crippen molar-refractivity contribution in [2.24, 2.45) is 0 Å². The van der Waals surface area contributed by atoms with Crippen LogP contribution in [0.1, 0.15) is 45.1 Å². The van der Waals surface area contributed by atoms with Crippen molar-refractivity contribution >= 4 is 21.6 Å². The Bertz CT molecular complexity index is 444. The zero-order valence-electron chi connectivity index (χ0n) is 13.1. The van der Waals surface area contributed by atoms with Gasteiger partial charge in [0.25, 0.3) is 0 Å². The fourth-order valence-electron chi connectivity index (χ4n) is 2.83. The molecule has 0 aromatic heterocycles. The summed E-state index contributed by atoms with van der Waals surface area (Å²) in [6, 6.07) is 7.68.